The molecule has 1 unspecified atom stereocenters. The molecule has 0 aromatic heterocycles. The Labute approximate surface area is 136 Å². The molecule has 3 N–H and O–H groups in total. The zero-order valence-corrected chi connectivity index (χ0v) is 13.3. The molecule has 1 heterocycles. The molecule has 1 aromatic carbocycles. The number of hydrogen-bond donors (Lipinski definition) is 2. The van der Waals surface area contributed by atoms with E-state index in [1.165, 1.54) is 4.90 Å². The average molecular weight is 322 g/mol. The first-order valence-electron chi connectivity index (χ1n) is 6.77. The number of nitrogens with two attached hydrogens (primary N) is 1. The Kier molecular flexibility index (Phi) is 6.34. The van der Waals surface area contributed by atoms with Gasteiger partial charge in [-0.2, -0.15) is 0 Å². The normalized spacial score (nSPS) is 18.9. The first kappa shape index (κ1) is 17.9. The van der Waals surface area contributed by atoms with Gasteiger partial charge >= 0.3 is 0 Å². The monoisotopic (exact) mass is 321 g/mol. The number of amides is 2. The van der Waals surface area contributed by atoms with E-state index in [9.17, 15) is 9.59 Å². The third kappa shape index (κ3) is 4.19. The summed E-state index contributed by atoms with van der Waals surface area (Å²) in [6, 6.07) is 8.39. The second-order valence-electron chi connectivity index (χ2n) is 5.03. The van der Waals surface area contributed by atoms with Crippen molar-refractivity contribution in [3.05, 3.63) is 54.2 Å². The molecule has 1 aliphatic rings. The van der Waals surface area contributed by atoms with Crippen molar-refractivity contribution in [2.24, 2.45) is 5.73 Å². The summed E-state index contributed by atoms with van der Waals surface area (Å²) in [6.45, 7) is 1.58. The van der Waals surface area contributed by atoms with Gasteiger partial charge in [0, 0.05) is 13.2 Å². The number of likely N-dealkylation sites (N-methyl/N-ethyl adjacent to an activating group) is 1. The fraction of sp³-hybridized carbons (Fsp3) is 0.250. The summed E-state index contributed by atoms with van der Waals surface area (Å²) in [6.07, 6.45) is 5.28. The molecule has 5 nitrogen and oxygen atoms in total. The number of carbonyl (C=O) groups excluding carboxylic acids is 2. The first-order chi connectivity index (χ1) is 9.99. The number of allylic oxidation sites excluding steroid dienone is 2. The van der Waals surface area contributed by atoms with E-state index in [4.69, 9.17) is 5.73 Å². The summed E-state index contributed by atoms with van der Waals surface area (Å²) in [4.78, 5) is 25.4. The van der Waals surface area contributed by atoms with E-state index >= 15 is 0 Å². The Morgan fingerprint density at radius 3 is 2.55 bits per heavy atom. The molecular formula is C16H20ClN3O2. The summed E-state index contributed by atoms with van der Waals surface area (Å²) in [5.41, 5.74) is 7.43. The van der Waals surface area contributed by atoms with Crippen LogP contribution in [0.5, 0.6) is 0 Å². The third-order valence-corrected chi connectivity index (χ3v) is 3.23. The van der Waals surface area contributed by atoms with Gasteiger partial charge in [-0.15, -0.1) is 12.4 Å². The number of nitrogens with zero attached hydrogens (tertiary/aromatic N) is 1. The van der Waals surface area contributed by atoms with Crippen molar-refractivity contribution in [2.45, 2.75) is 19.0 Å². The Morgan fingerprint density at radius 1 is 1.32 bits per heavy atom. The molecular weight excluding hydrogens is 302 g/mol. The number of carbonyl (C=O) groups is 2. The van der Waals surface area contributed by atoms with Crippen LogP contribution in [0, 0.1) is 0 Å². The highest BCUT2D eigenvalue weighted by Gasteiger charge is 2.24. The molecule has 22 heavy (non-hydrogen) atoms. The number of rotatable bonds is 3. The molecule has 2 atom stereocenters. The van der Waals surface area contributed by atoms with Gasteiger partial charge in [-0.3, -0.25) is 9.59 Å². The second-order valence-corrected chi connectivity index (χ2v) is 5.03. The van der Waals surface area contributed by atoms with E-state index in [2.05, 4.69) is 5.32 Å². The van der Waals surface area contributed by atoms with Crippen molar-refractivity contribution in [1.29, 1.82) is 0 Å². The van der Waals surface area contributed by atoms with Gasteiger partial charge in [0.15, 0.2) is 0 Å². The molecule has 0 bridgehead atoms. The maximum absolute atomic E-state index is 12.3. The van der Waals surface area contributed by atoms with Crippen molar-refractivity contribution in [3.8, 4) is 0 Å². The minimum Gasteiger partial charge on any atom is -0.340 e. The fourth-order valence-corrected chi connectivity index (χ4v) is 2.01. The fourth-order valence-electron chi connectivity index (χ4n) is 2.01. The molecule has 6 heteroatoms. The lowest BCUT2D eigenvalue weighted by Crippen LogP contribution is -2.49. The maximum atomic E-state index is 12.3. The van der Waals surface area contributed by atoms with Gasteiger partial charge in [-0.05, 0) is 18.1 Å². The zero-order chi connectivity index (χ0) is 15.4. The predicted molar refractivity (Wildman–Crippen MR) is 89.2 cm³/mol. The lowest BCUT2D eigenvalue weighted by atomic mass is 10.1. The number of halogens is 1. The van der Waals surface area contributed by atoms with Gasteiger partial charge in [0.25, 0.3) is 5.91 Å². The van der Waals surface area contributed by atoms with Crippen LogP contribution in [0.25, 0.3) is 5.57 Å². The van der Waals surface area contributed by atoms with Gasteiger partial charge < -0.3 is 16.0 Å². The van der Waals surface area contributed by atoms with Crippen molar-refractivity contribution in [1.82, 2.24) is 10.2 Å². The molecule has 0 spiro atoms. The molecule has 1 aliphatic heterocycles. The Balaban J connectivity index is 0.00000242. The van der Waals surface area contributed by atoms with E-state index < -0.39 is 12.1 Å². The average Bonchev–Trinajstić information content (AvgIpc) is 2.61. The molecule has 0 aliphatic carbocycles. The van der Waals surface area contributed by atoms with Crippen LogP contribution < -0.4 is 11.1 Å². The molecule has 118 valence electrons. The lowest BCUT2D eigenvalue weighted by Gasteiger charge is -2.19. The van der Waals surface area contributed by atoms with Crippen molar-refractivity contribution in [2.75, 3.05) is 7.05 Å². The van der Waals surface area contributed by atoms with Crippen LogP contribution in [0.2, 0.25) is 0 Å². The van der Waals surface area contributed by atoms with Crippen LogP contribution in [0.4, 0.5) is 0 Å². The molecule has 0 radical (unpaired) electrons. The van der Waals surface area contributed by atoms with Crippen LogP contribution in [-0.2, 0) is 9.59 Å². The van der Waals surface area contributed by atoms with Crippen LogP contribution in [0.3, 0.4) is 0 Å². The van der Waals surface area contributed by atoms with Crippen LogP contribution >= 0.6 is 12.4 Å². The van der Waals surface area contributed by atoms with Crippen molar-refractivity contribution in [3.63, 3.8) is 0 Å². The Hall–Kier alpha value is -2.11. The van der Waals surface area contributed by atoms with E-state index in [0.717, 1.165) is 11.1 Å². The molecule has 2 rings (SSSR count). The smallest absolute Gasteiger partial charge is 0.252 e. The van der Waals surface area contributed by atoms with Crippen molar-refractivity contribution < 1.29 is 9.59 Å². The number of benzene rings is 1. The van der Waals surface area contributed by atoms with Gasteiger partial charge in [0.2, 0.25) is 5.91 Å². The standard InChI is InChI=1S/C16H19N3O2.ClH/c1-11(17)15(20)18-14-9-8-13(10-19(2)16(14)21)12-6-4-3-5-7-12;/h3-11,14H,17H2,1-2H3,(H,18,20);1H/t11?,14-;/m0./s1. The zero-order valence-electron chi connectivity index (χ0n) is 12.5. The predicted octanol–water partition coefficient (Wildman–Crippen LogP) is 1.31. The summed E-state index contributed by atoms with van der Waals surface area (Å²) in [7, 11) is 1.67. The molecule has 2 amide bonds. The minimum absolute atomic E-state index is 0. The van der Waals surface area contributed by atoms with E-state index in [-0.39, 0.29) is 24.2 Å². The van der Waals surface area contributed by atoms with Gasteiger partial charge in [0.1, 0.15) is 6.04 Å². The van der Waals surface area contributed by atoms with Gasteiger partial charge in [0.05, 0.1) is 6.04 Å². The summed E-state index contributed by atoms with van der Waals surface area (Å²) < 4.78 is 0. The third-order valence-electron chi connectivity index (χ3n) is 3.23. The number of nitrogens with one attached hydrogen (secondary N) is 1. The first-order valence-corrected chi connectivity index (χ1v) is 6.77. The van der Waals surface area contributed by atoms with Gasteiger partial charge in [-0.1, -0.05) is 42.5 Å². The van der Waals surface area contributed by atoms with E-state index in [1.807, 2.05) is 36.4 Å². The minimum atomic E-state index is -0.703. The Bertz CT molecular complexity index is 597. The van der Waals surface area contributed by atoms with E-state index in [0.29, 0.717) is 0 Å². The highest BCUT2D eigenvalue weighted by atomic mass is 35.5. The van der Waals surface area contributed by atoms with Crippen LogP contribution in [0.1, 0.15) is 12.5 Å². The van der Waals surface area contributed by atoms with Gasteiger partial charge in [-0.25, -0.2) is 0 Å². The van der Waals surface area contributed by atoms with Crippen LogP contribution in [-0.4, -0.2) is 35.8 Å². The molecule has 1 aromatic rings. The Morgan fingerprint density at radius 2 is 1.95 bits per heavy atom. The molecule has 0 fully saturated rings. The molecule has 0 saturated carbocycles. The van der Waals surface area contributed by atoms with E-state index in [1.54, 1.807) is 26.2 Å². The topological polar surface area (TPSA) is 75.4 Å². The van der Waals surface area contributed by atoms with Crippen molar-refractivity contribution >= 4 is 29.8 Å². The lowest BCUT2D eigenvalue weighted by molar-refractivity contribution is -0.132. The SMILES string of the molecule is CC(N)C(=O)N[C@H]1C=CC(c2ccccc2)=CN(C)C1=O.Cl. The largest absolute Gasteiger partial charge is 0.340 e. The highest BCUT2D eigenvalue weighted by molar-refractivity contribution is 5.93. The maximum Gasteiger partial charge on any atom is 0.252 e. The summed E-state index contributed by atoms with van der Waals surface area (Å²) >= 11 is 0. The second kappa shape index (κ2) is 7.77. The summed E-state index contributed by atoms with van der Waals surface area (Å²) in [5, 5.41) is 2.64. The number of hydrogen-bond acceptors (Lipinski definition) is 3. The quantitative estimate of drug-likeness (QED) is 0.881. The van der Waals surface area contributed by atoms with Crippen LogP contribution in [0.15, 0.2) is 48.7 Å². The highest BCUT2D eigenvalue weighted by Crippen LogP contribution is 2.19. The summed E-state index contributed by atoms with van der Waals surface area (Å²) in [5.74, 6) is -0.555. The molecule has 0 saturated heterocycles.